The Hall–Kier alpha value is -3.11. The molecule has 0 aliphatic carbocycles. The predicted molar refractivity (Wildman–Crippen MR) is 91.7 cm³/mol. The second kappa shape index (κ2) is 7.85. The Morgan fingerprint density at radius 1 is 1.23 bits per heavy atom. The molecule has 0 radical (unpaired) electrons. The van der Waals surface area contributed by atoms with Crippen LogP contribution in [0.4, 0.5) is 10.1 Å². The van der Waals surface area contributed by atoms with Gasteiger partial charge in [0, 0.05) is 23.3 Å². The van der Waals surface area contributed by atoms with E-state index in [0.29, 0.717) is 5.56 Å². The lowest BCUT2D eigenvalue weighted by Crippen LogP contribution is -2.40. The quantitative estimate of drug-likeness (QED) is 0.452. The molecule has 0 atom stereocenters. The van der Waals surface area contributed by atoms with E-state index in [1.807, 2.05) is 10.3 Å². The van der Waals surface area contributed by atoms with Gasteiger partial charge in [-0.2, -0.15) is 0 Å². The summed E-state index contributed by atoms with van der Waals surface area (Å²) >= 11 is 0. The maximum atomic E-state index is 13.4. The summed E-state index contributed by atoms with van der Waals surface area (Å²) in [5.74, 6) is -1.39. The van der Waals surface area contributed by atoms with Crippen molar-refractivity contribution in [3.05, 3.63) is 75.6 Å². The minimum atomic E-state index is -4.21. The largest absolute Gasteiger partial charge is 0.274 e. The maximum absolute atomic E-state index is 13.4. The lowest BCUT2D eigenvalue weighted by atomic mass is 10.2. The highest BCUT2D eigenvalue weighted by Crippen LogP contribution is 2.21. The highest BCUT2D eigenvalue weighted by Gasteiger charge is 2.20. The topological polar surface area (TPSA) is 118 Å². The molecule has 2 rings (SSSR count). The number of benzene rings is 2. The zero-order valence-electron chi connectivity index (χ0n) is 13.5. The molecule has 0 spiro atoms. The lowest BCUT2D eigenvalue weighted by molar-refractivity contribution is -0.385. The molecule has 1 amide bonds. The van der Waals surface area contributed by atoms with Crippen molar-refractivity contribution in [1.82, 2.24) is 10.3 Å². The standard InChI is InChI=1S/C16H14FN3O5S/c1-11-6-8-13(10-15(11)20(22)23)26(24,25)19-18-16(21)9-7-12-4-2-3-5-14(12)17/h2-10,19H,1H3,(H,18,21)/b9-7+. The van der Waals surface area contributed by atoms with Gasteiger partial charge in [0.05, 0.1) is 9.82 Å². The van der Waals surface area contributed by atoms with Gasteiger partial charge in [0.25, 0.3) is 21.6 Å². The van der Waals surface area contributed by atoms with Crippen molar-refractivity contribution < 1.29 is 22.5 Å². The molecule has 0 aliphatic heterocycles. The number of nitrogens with one attached hydrogen (secondary N) is 2. The van der Waals surface area contributed by atoms with E-state index >= 15 is 0 Å². The molecule has 26 heavy (non-hydrogen) atoms. The summed E-state index contributed by atoms with van der Waals surface area (Å²) in [5, 5.41) is 10.9. The number of hydrogen-bond acceptors (Lipinski definition) is 5. The monoisotopic (exact) mass is 379 g/mol. The van der Waals surface area contributed by atoms with Gasteiger partial charge in [-0.3, -0.25) is 20.3 Å². The maximum Gasteiger partial charge on any atom is 0.273 e. The van der Waals surface area contributed by atoms with Crippen LogP contribution in [0.5, 0.6) is 0 Å². The molecule has 0 aromatic heterocycles. The van der Waals surface area contributed by atoms with Crippen molar-refractivity contribution in [2.45, 2.75) is 11.8 Å². The summed E-state index contributed by atoms with van der Waals surface area (Å²) in [5.41, 5.74) is 2.01. The van der Waals surface area contributed by atoms with E-state index in [0.717, 1.165) is 12.1 Å². The number of aryl methyl sites for hydroxylation is 1. The molecular formula is C16H14FN3O5S. The Morgan fingerprint density at radius 3 is 2.58 bits per heavy atom. The van der Waals surface area contributed by atoms with Gasteiger partial charge in [-0.15, -0.1) is 4.83 Å². The first-order chi connectivity index (χ1) is 12.2. The molecule has 0 saturated heterocycles. The summed E-state index contributed by atoms with van der Waals surface area (Å²) in [6, 6.07) is 9.06. The molecule has 136 valence electrons. The number of carbonyl (C=O) groups excluding carboxylic acids is 1. The van der Waals surface area contributed by atoms with E-state index in [4.69, 9.17) is 0 Å². The summed E-state index contributed by atoms with van der Waals surface area (Å²) < 4.78 is 37.7. The summed E-state index contributed by atoms with van der Waals surface area (Å²) in [6.45, 7) is 1.47. The summed E-state index contributed by atoms with van der Waals surface area (Å²) in [7, 11) is -4.21. The van der Waals surface area contributed by atoms with Crippen molar-refractivity contribution in [1.29, 1.82) is 0 Å². The number of sulfonamides is 1. The van der Waals surface area contributed by atoms with E-state index in [1.54, 1.807) is 6.07 Å². The normalized spacial score (nSPS) is 11.5. The third-order valence-corrected chi connectivity index (χ3v) is 4.56. The number of amides is 1. The van der Waals surface area contributed by atoms with Crippen molar-refractivity contribution in [2.75, 3.05) is 0 Å². The number of nitrogens with zero attached hydrogens (tertiary/aromatic N) is 1. The minimum Gasteiger partial charge on any atom is -0.274 e. The van der Waals surface area contributed by atoms with Crippen molar-refractivity contribution >= 4 is 27.7 Å². The Balaban J connectivity index is 2.08. The van der Waals surface area contributed by atoms with Crippen LogP contribution in [0, 0.1) is 22.9 Å². The third-order valence-electron chi connectivity index (χ3n) is 3.32. The van der Waals surface area contributed by atoms with Crippen molar-refractivity contribution in [3.8, 4) is 0 Å². The number of carbonyl (C=O) groups is 1. The number of rotatable bonds is 6. The smallest absolute Gasteiger partial charge is 0.273 e. The van der Waals surface area contributed by atoms with E-state index in [1.165, 1.54) is 43.3 Å². The predicted octanol–water partition coefficient (Wildman–Crippen LogP) is 2.07. The van der Waals surface area contributed by atoms with Crippen LogP contribution < -0.4 is 10.3 Å². The number of hydrogen-bond donors (Lipinski definition) is 2. The lowest BCUT2D eigenvalue weighted by Gasteiger charge is -2.07. The van der Waals surface area contributed by atoms with E-state index in [9.17, 15) is 27.7 Å². The highest BCUT2D eigenvalue weighted by atomic mass is 32.2. The molecule has 0 saturated carbocycles. The van der Waals surface area contributed by atoms with Gasteiger partial charge >= 0.3 is 0 Å². The zero-order chi connectivity index (χ0) is 19.3. The Labute approximate surface area is 148 Å². The molecule has 0 unspecified atom stereocenters. The number of nitro groups is 1. The first-order valence-electron chi connectivity index (χ1n) is 7.20. The first-order valence-corrected chi connectivity index (χ1v) is 8.68. The molecule has 2 aromatic rings. The molecule has 0 bridgehead atoms. The van der Waals surface area contributed by atoms with Crippen LogP contribution in [0.15, 0.2) is 53.4 Å². The third kappa shape index (κ3) is 4.71. The molecule has 2 N–H and O–H groups in total. The van der Waals surface area contributed by atoms with Crippen LogP contribution in [0.2, 0.25) is 0 Å². The van der Waals surface area contributed by atoms with Crippen LogP contribution in [-0.2, 0) is 14.8 Å². The van der Waals surface area contributed by atoms with Crippen LogP contribution in [0.1, 0.15) is 11.1 Å². The Bertz CT molecular complexity index is 989. The van der Waals surface area contributed by atoms with Gasteiger partial charge < -0.3 is 0 Å². The van der Waals surface area contributed by atoms with Crippen LogP contribution >= 0.6 is 0 Å². The first kappa shape index (κ1) is 19.2. The number of halogens is 1. The Morgan fingerprint density at radius 2 is 1.92 bits per heavy atom. The average Bonchev–Trinajstić information content (AvgIpc) is 2.59. The average molecular weight is 379 g/mol. The molecule has 2 aromatic carbocycles. The SMILES string of the molecule is Cc1ccc(S(=O)(=O)NNC(=O)/C=C/c2ccccc2F)cc1[N+](=O)[O-]. The zero-order valence-corrected chi connectivity index (χ0v) is 14.3. The van der Waals surface area contributed by atoms with E-state index in [-0.39, 0.29) is 16.1 Å². The number of hydrazine groups is 1. The second-order valence-corrected chi connectivity index (χ2v) is 6.84. The fraction of sp³-hybridized carbons (Fsp3) is 0.0625. The second-order valence-electron chi connectivity index (χ2n) is 5.15. The molecule has 0 fully saturated rings. The molecular weight excluding hydrogens is 365 g/mol. The van der Waals surface area contributed by atoms with E-state index in [2.05, 4.69) is 0 Å². The van der Waals surface area contributed by atoms with E-state index < -0.39 is 26.7 Å². The van der Waals surface area contributed by atoms with Gasteiger partial charge in [0.1, 0.15) is 5.82 Å². The van der Waals surface area contributed by atoms with Gasteiger partial charge in [0.2, 0.25) is 0 Å². The fourth-order valence-electron chi connectivity index (χ4n) is 1.95. The van der Waals surface area contributed by atoms with Gasteiger partial charge in [-0.25, -0.2) is 12.8 Å². The molecule has 8 nitrogen and oxygen atoms in total. The van der Waals surface area contributed by atoms with Crippen LogP contribution in [0.25, 0.3) is 6.08 Å². The molecule has 0 aliphatic rings. The van der Waals surface area contributed by atoms with Gasteiger partial charge in [0.15, 0.2) is 0 Å². The van der Waals surface area contributed by atoms with Gasteiger partial charge in [-0.1, -0.05) is 24.3 Å². The minimum absolute atomic E-state index is 0.152. The van der Waals surface area contributed by atoms with Gasteiger partial charge in [-0.05, 0) is 25.1 Å². The van der Waals surface area contributed by atoms with Crippen molar-refractivity contribution in [2.24, 2.45) is 0 Å². The highest BCUT2D eigenvalue weighted by molar-refractivity contribution is 7.89. The number of nitro benzene ring substituents is 1. The van der Waals surface area contributed by atoms with Crippen molar-refractivity contribution in [3.63, 3.8) is 0 Å². The van der Waals surface area contributed by atoms with Crippen LogP contribution in [0.3, 0.4) is 0 Å². The molecule has 0 heterocycles. The summed E-state index contributed by atoms with van der Waals surface area (Å²) in [6.07, 6.45) is 2.12. The van der Waals surface area contributed by atoms with Crippen LogP contribution in [-0.4, -0.2) is 19.2 Å². The Kier molecular flexibility index (Phi) is 5.80. The fourth-order valence-corrected chi connectivity index (χ4v) is 2.81. The summed E-state index contributed by atoms with van der Waals surface area (Å²) in [4.78, 5) is 23.3. The molecule has 10 heteroatoms.